The Bertz CT molecular complexity index is 867. The molecule has 0 aliphatic carbocycles. The van der Waals surface area contributed by atoms with Crippen molar-refractivity contribution in [1.82, 2.24) is 5.32 Å². The first-order valence-corrected chi connectivity index (χ1v) is 11.1. The lowest BCUT2D eigenvalue weighted by Gasteiger charge is -2.20. The van der Waals surface area contributed by atoms with Crippen molar-refractivity contribution >= 4 is 21.6 Å². The maximum Gasteiger partial charge on any atom is 0.260 e. The van der Waals surface area contributed by atoms with Crippen LogP contribution in [-0.2, 0) is 21.2 Å². The number of amides is 1. The Morgan fingerprint density at radius 2 is 1.68 bits per heavy atom. The van der Waals surface area contributed by atoms with Crippen LogP contribution in [0, 0.1) is 0 Å². The molecule has 28 heavy (non-hydrogen) atoms. The van der Waals surface area contributed by atoms with Gasteiger partial charge in [0.25, 0.3) is 5.91 Å². The number of hydrogen-bond donors (Lipinski definition) is 1. The molecular formula is C21H28N2O4S. The third-order valence-corrected chi connectivity index (χ3v) is 5.68. The normalized spacial score (nSPS) is 13.4. The number of nitrogens with zero attached hydrogens (tertiary/aromatic N) is 1. The van der Waals surface area contributed by atoms with Gasteiger partial charge in [-0.25, -0.2) is 8.42 Å². The van der Waals surface area contributed by atoms with Crippen molar-refractivity contribution in [3.8, 4) is 5.75 Å². The molecule has 1 amide bonds. The van der Waals surface area contributed by atoms with Gasteiger partial charge in [-0.3, -0.25) is 9.10 Å². The Balaban J connectivity index is 1.84. The molecule has 0 aromatic heterocycles. The molecular weight excluding hydrogens is 376 g/mol. The Morgan fingerprint density at radius 3 is 2.25 bits per heavy atom. The summed E-state index contributed by atoms with van der Waals surface area (Å²) in [5, 5.41) is 2.97. The molecule has 2 rings (SSSR count). The molecule has 0 spiro atoms. The molecule has 2 aromatic carbocycles. The number of ether oxygens (including phenoxy) is 1. The maximum atomic E-state index is 12.4. The van der Waals surface area contributed by atoms with Crippen molar-refractivity contribution in [2.45, 2.75) is 38.8 Å². The fourth-order valence-corrected chi connectivity index (χ4v) is 3.15. The molecule has 0 saturated heterocycles. The molecule has 0 heterocycles. The highest BCUT2D eigenvalue weighted by Crippen LogP contribution is 2.21. The number of hydrogen-bond acceptors (Lipinski definition) is 4. The van der Waals surface area contributed by atoms with Crippen LogP contribution in [0.15, 0.2) is 54.6 Å². The first-order valence-electron chi connectivity index (χ1n) is 9.21. The molecule has 2 atom stereocenters. The summed E-state index contributed by atoms with van der Waals surface area (Å²) in [5.41, 5.74) is 1.77. The van der Waals surface area contributed by atoms with Gasteiger partial charge >= 0.3 is 0 Å². The van der Waals surface area contributed by atoms with Gasteiger partial charge in [0.2, 0.25) is 10.0 Å². The molecule has 0 bridgehead atoms. The first-order chi connectivity index (χ1) is 13.2. The maximum absolute atomic E-state index is 12.4. The lowest BCUT2D eigenvalue weighted by Crippen LogP contribution is -2.41. The van der Waals surface area contributed by atoms with E-state index in [1.165, 1.54) is 16.9 Å². The lowest BCUT2D eigenvalue weighted by molar-refractivity contribution is -0.127. The van der Waals surface area contributed by atoms with E-state index >= 15 is 0 Å². The van der Waals surface area contributed by atoms with E-state index < -0.39 is 16.1 Å². The number of carbonyl (C=O) groups is 1. The van der Waals surface area contributed by atoms with Crippen LogP contribution in [0.1, 0.15) is 25.8 Å². The van der Waals surface area contributed by atoms with Crippen LogP contribution in [0.2, 0.25) is 0 Å². The van der Waals surface area contributed by atoms with E-state index in [0.717, 1.165) is 19.1 Å². The minimum absolute atomic E-state index is 0.0320. The summed E-state index contributed by atoms with van der Waals surface area (Å²) in [4.78, 5) is 12.4. The molecule has 0 saturated carbocycles. The second kappa shape index (κ2) is 9.59. The largest absolute Gasteiger partial charge is 0.481 e. The number of benzene rings is 2. The zero-order valence-corrected chi connectivity index (χ0v) is 17.6. The average molecular weight is 405 g/mol. The van der Waals surface area contributed by atoms with Gasteiger partial charge in [-0.15, -0.1) is 0 Å². The predicted molar refractivity (Wildman–Crippen MR) is 112 cm³/mol. The van der Waals surface area contributed by atoms with Crippen LogP contribution < -0.4 is 14.4 Å². The number of anilines is 1. The molecule has 0 unspecified atom stereocenters. The SMILES string of the molecule is C[C@H](Oc1ccc(N(C)S(C)(=O)=O)cc1)C(=O)N[C@@H](C)CCc1ccccc1. The third-order valence-electron chi connectivity index (χ3n) is 4.48. The molecule has 2 aromatic rings. The van der Waals surface area contributed by atoms with E-state index in [1.807, 2.05) is 25.1 Å². The van der Waals surface area contributed by atoms with Crippen LogP contribution >= 0.6 is 0 Å². The fraction of sp³-hybridized carbons (Fsp3) is 0.381. The Morgan fingerprint density at radius 1 is 1.07 bits per heavy atom. The first kappa shape index (κ1) is 21.8. The zero-order chi connectivity index (χ0) is 20.7. The molecule has 7 heteroatoms. The summed E-state index contributed by atoms with van der Waals surface area (Å²) < 4.78 is 30.0. The van der Waals surface area contributed by atoms with Gasteiger partial charge in [-0.2, -0.15) is 0 Å². The summed E-state index contributed by atoms with van der Waals surface area (Å²) in [6.45, 7) is 3.67. The monoisotopic (exact) mass is 404 g/mol. The van der Waals surface area contributed by atoms with Crippen LogP contribution in [0.4, 0.5) is 5.69 Å². The van der Waals surface area contributed by atoms with Gasteiger partial charge in [0, 0.05) is 13.1 Å². The van der Waals surface area contributed by atoms with E-state index in [2.05, 4.69) is 17.4 Å². The molecule has 0 aliphatic rings. The van der Waals surface area contributed by atoms with Crippen LogP contribution in [-0.4, -0.2) is 39.8 Å². The number of sulfonamides is 1. The zero-order valence-electron chi connectivity index (χ0n) is 16.8. The molecule has 1 N–H and O–H groups in total. The summed E-state index contributed by atoms with van der Waals surface area (Å²) >= 11 is 0. The quantitative estimate of drug-likeness (QED) is 0.697. The Labute approximate surface area is 167 Å². The van der Waals surface area contributed by atoms with Crippen molar-refractivity contribution in [3.63, 3.8) is 0 Å². The van der Waals surface area contributed by atoms with Gasteiger partial charge in [0.1, 0.15) is 5.75 Å². The average Bonchev–Trinajstić information content (AvgIpc) is 2.66. The summed E-state index contributed by atoms with van der Waals surface area (Å²) in [7, 11) is -1.83. The van der Waals surface area contributed by atoms with Crippen molar-refractivity contribution in [2.24, 2.45) is 0 Å². The lowest BCUT2D eigenvalue weighted by atomic mass is 10.1. The summed E-state index contributed by atoms with van der Waals surface area (Å²) in [6, 6.07) is 16.8. The van der Waals surface area contributed by atoms with Crippen molar-refractivity contribution < 1.29 is 17.9 Å². The molecule has 152 valence electrons. The van der Waals surface area contributed by atoms with Crippen molar-refractivity contribution in [1.29, 1.82) is 0 Å². The van der Waals surface area contributed by atoms with Gasteiger partial charge in [0.05, 0.1) is 11.9 Å². The van der Waals surface area contributed by atoms with Crippen LogP contribution in [0.3, 0.4) is 0 Å². The summed E-state index contributed by atoms with van der Waals surface area (Å²) in [5.74, 6) is 0.322. The number of aryl methyl sites for hydroxylation is 1. The molecule has 6 nitrogen and oxygen atoms in total. The number of carbonyl (C=O) groups excluding carboxylic acids is 1. The number of rotatable bonds is 9. The second-order valence-electron chi connectivity index (χ2n) is 6.92. The van der Waals surface area contributed by atoms with Gasteiger partial charge in [-0.05, 0) is 56.5 Å². The van der Waals surface area contributed by atoms with Gasteiger partial charge in [0.15, 0.2) is 6.10 Å². The van der Waals surface area contributed by atoms with Crippen LogP contribution in [0.25, 0.3) is 0 Å². The standard InChI is InChI=1S/C21H28N2O4S/c1-16(10-11-18-8-6-5-7-9-18)22-21(24)17(2)27-20-14-12-19(13-15-20)23(3)28(4,25)26/h5-9,12-17H,10-11H2,1-4H3,(H,22,24)/t16-,17-/m0/s1. The van der Waals surface area contributed by atoms with Crippen molar-refractivity contribution in [3.05, 3.63) is 60.2 Å². The Hall–Kier alpha value is -2.54. The molecule has 0 radical (unpaired) electrons. The number of nitrogens with one attached hydrogen (secondary N) is 1. The highest BCUT2D eigenvalue weighted by molar-refractivity contribution is 7.92. The Kier molecular flexibility index (Phi) is 7.45. The molecule has 0 aliphatic heterocycles. The van der Waals surface area contributed by atoms with Gasteiger partial charge < -0.3 is 10.1 Å². The van der Waals surface area contributed by atoms with E-state index in [9.17, 15) is 13.2 Å². The highest BCUT2D eigenvalue weighted by Gasteiger charge is 2.17. The minimum Gasteiger partial charge on any atom is -0.481 e. The fourth-order valence-electron chi connectivity index (χ4n) is 2.64. The van der Waals surface area contributed by atoms with E-state index in [1.54, 1.807) is 31.2 Å². The highest BCUT2D eigenvalue weighted by atomic mass is 32.2. The smallest absolute Gasteiger partial charge is 0.260 e. The minimum atomic E-state index is -3.32. The second-order valence-corrected chi connectivity index (χ2v) is 8.93. The topological polar surface area (TPSA) is 75.7 Å². The molecule has 0 fully saturated rings. The van der Waals surface area contributed by atoms with E-state index in [0.29, 0.717) is 11.4 Å². The third kappa shape index (κ3) is 6.56. The summed E-state index contributed by atoms with van der Waals surface area (Å²) in [6.07, 6.45) is 2.22. The van der Waals surface area contributed by atoms with E-state index in [4.69, 9.17) is 4.74 Å². The predicted octanol–water partition coefficient (Wildman–Crippen LogP) is 2.99. The van der Waals surface area contributed by atoms with Crippen LogP contribution in [0.5, 0.6) is 5.75 Å². The van der Waals surface area contributed by atoms with E-state index in [-0.39, 0.29) is 11.9 Å². The van der Waals surface area contributed by atoms with Crippen molar-refractivity contribution in [2.75, 3.05) is 17.6 Å². The van der Waals surface area contributed by atoms with Gasteiger partial charge in [-0.1, -0.05) is 30.3 Å².